The first-order chi connectivity index (χ1) is 13.8. The molecule has 3 nitrogen and oxygen atoms in total. The van der Waals surface area contributed by atoms with Crippen molar-refractivity contribution in [2.75, 3.05) is 0 Å². The maximum atomic E-state index is 13.0. The standard InChI is InChI=1S/C25H18O3/c26-25(19-10-4-1-5-11-19)23-17-16-22(27-20-12-6-2-7-13-20)18-24(23)28-21-14-8-3-9-15-21/h1-18H. The molecule has 0 saturated carbocycles. The second kappa shape index (κ2) is 8.23. The van der Waals surface area contributed by atoms with Crippen molar-refractivity contribution in [2.45, 2.75) is 0 Å². The van der Waals surface area contributed by atoms with Gasteiger partial charge < -0.3 is 9.47 Å². The van der Waals surface area contributed by atoms with E-state index in [1.54, 1.807) is 30.3 Å². The molecule has 0 radical (unpaired) electrons. The topological polar surface area (TPSA) is 35.5 Å². The first-order valence-electron chi connectivity index (χ1n) is 8.99. The van der Waals surface area contributed by atoms with Crippen molar-refractivity contribution in [1.29, 1.82) is 0 Å². The molecule has 0 saturated heterocycles. The van der Waals surface area contributed by atoms with E-state index in [4.69, 9.17) is 9.47 Å². The van der Waals surface area contributed by atoms with E-state index in [0.29, 0.717) is 28.4 Å². The Hall–Kier alpha value is -3.85. The van der Waals surface area contributed by atoms with Gasteiger partial charge in [-0.05, 0) is 36.4 Å². The summed E-state index contributed by atoms with van der Waals surface area (Å²) >= 11 is 0. The Bertz CT molecular complexity index is 1060. The molecule has 4 rings (SSSR count). The highest BCUT2D eigenvalue weighted by Gasteiger charge is 2.16. The summed E-state index contributed by atoms with van der Waals surface area (Å²) in [5, 5.41) is 0. The molecule has 0 fully saturated rings. The SMILES string of the molecule is O=C(c1ccccc1)c1ccc(Oc2ccccc2)cc1Oc1ccccc1. The third-order valence-corrected chi connectivity index (χ3v) is 4.18. The molecule has 28 heavy (non-hydrogen) atoms. The van der Waals surface area contributed by atoms with E-state index in [0.717, 1.165) is 5.75 Å². The van der Waals surface area contributed by atoms with Crippen LogP contribution < -0.4 is 9.47 Å². The molecule has 0 N–H and O–H groups in total. The average Bonchev–Trinajstić information content (AvgIpc) is 2.76. The molecule has 0 heterocycles. The van der Waals surface area contributed by atoms with Crippen LogP contribution in [0.25, 0.3) is 0 Å². The van der Waals surface area contributed by atoms with Crippen LogP contribution in [0.2, 0.25) is 0 Å². The van der Waals surface area contributed by atoms with E-state index in [1.807, 2.05) is 78.9 Å². The van der Waals surface area contributed by atoms with E-state index in [9.17, 15) is 4.79 Å². The summed E-state index contributed by atoms with van der Waals surface area (Å²) in [6.07, 6.45) is 0. The van der Waals surface area contributed by atoms with Crippen molar-refractivity contribution in [1.82, 2.24) is 0 Å². The molecule has 0 aliphatic rings. The lowest BCUT2D eigenvalue weighted by Gasteiger charge is -2.13. The van der Waals surface area contributed by atoms with Gasteiger partial charge in [0.2, 0.25) is 0 Å². The van der Waals surface area contributed by atoms with Gasteiger partial charge in [0.15, 0.2) is 5.78 Å². The van der Waals surface area contributed by atoms with Crippen LogP contribution in [0.4, 0.5) is 0 Å². The molecule has 4 aromatic rings. The van der Waals surface area contributed by atoms with Crippen molar-refractivity contribution in [3.05, 3.63) is 120 Å². The Balaban J connectivity index is 1.71. The highest BCUT2D eigenvalue weighted by atomic mass is 16.5. The molecule has 0 amide bonds. The predicted molar refractivity (Wildman–Crippen MR) is 109 cm³/mol. The number of rotatable bonds is 6. The fraction of sp³-hybridized carbons (Fsp3) is 0. The quantitative estimate of drug-likeness (QED) is 0.365. The Labute approximate surface area is 163 Å². The Morgan fingerprint density at radius 1 is 0.536 bits per heavy atom. The molecule has 0 aliphatic heterocycles. The van der Waals surface area contributed by atoms with Crippen molar-refractivity contribution < 1.29 is 14.3 Å². The summed E-state index contributed by atoms with van der Waals surface area (Å²) < 4.78 is 11.9. The van der Waals surface area contributed by atoms with Crippen molar-refractivity contribution in [3.8, 4) is 23.0 Å². The largest absolute Gasteiger partial charge is 0.457 e. The van der Waals surface area contributed by atoms with Gasteiger partial charge in [0.25, 0.3) is 0 Å². The normalized spacial score (nSPS) is 10.3. The van der Waals surface area contributed by atoms with Gasteiger partial charge in [0.05, 0.1) is 5.56 Å². The number of benzene rings is 4. The summed E-state index contributed by atoms with van der Waals surface area (Å²) in [4.78, 5) is 13.0. The van der Waals surface area contributed by atoms with Crippen LogP contribution in [-0.2, 0) is 0 Å². The molecule has 4 aromatic carbocycles. The van der Waals surface area contributed by atoms with Gasteiger partial charge in [-0.3, -0.25) is 4.79 Å². The number of hydrogen-bond acceptors (Lipinski definition) is 3. The summed E-state index contributed by atoms with van der Waals surface area (Å²) in [7, 11) is 0. The van der Waals surface area contributed by atoms with E-state index in [2.05, 4.69) is 0 Å². The summed E-state index contributed by atoms with van der Waals surface area (Å²) in [5.74, 6) is 2.32. The summed E-state index contributed by atoms with van der Waals surface area (Å²) in [5.41, 5.74) is 1.09. The monoisotopic (exact) mass is 366 g/mol. The number of hydrogen-bond donors (Lipinski definition) is 0. The van der Waals surface area contributed by atoms with E-state index in [-0.39, 0.29) is 5.78 Å². The van der Waals surface area contributed by atoms with Crippen LogP contribution in [0.5, 0.6) is 23.0 Å². The molecule has 0 aromatic heterocycles. The van der Waals surface area contributed by atoms with E-state index >= 15 is 0 Å². The minimum atomic E-state index is -0.0993. The number of para-hydroxylation sites is 2. The lowest BCUT2D eigenvalue weighted by atomic mass is 10.0. The van der Waals surface area contributed by atoms with Crippen molar-refractivity contribution in [3.63, 3.8) is 0 Å². The van der Waals surface area contributed by atoms with Gasteiger partial charge in [-0.25, -0.2) is 0 Å². The number of carbonyl (C=O) groups is 1. The van der Waals surface area contributed by atoms with Crippen LogP contribution >= 0.6 is 0 Å². The maximum absolute atomic E-state index is 13.0. The van der Waals surface area contributed by atoms with Gasteiger partial charge >= 0.3 is 0 Å². The van der Waals surface area contributed by atoms with Gasteiger partial charge in [-0.15, -0.1) is 0 Å². The smallest absolute Gasteiger partial charge is 0.196 e. The molecular formula is C25H18O3. The third kappa shape index (κ3) is 4.10. The van der Waals surface area contributed by atoms with Gasteiger partial charge in [-0.1, -0.05) is 66.7 Å². The fourth-order valence-corrected chi connectivity index (χ4v) is 2.82. The van der Waals surface area contributed by atoms with Gasteiger partial charge in [0, 0.05) is 11.6 Å². The predicted octanol–water partition coefficient (Wildman–Crippen LogP) is 6.50. The highest BCUT2D eigenvalue weighted by Crippen LogP contribution is 2.33. The molecule has 0 atom stereocenters. The minimum absolute atomic E-state index is 0.0993. The number of ether oxygens (including phenoxy) is 2. The highest BCUT2D eigenvalue weighted by molar-refractivity contribution is 6.10. The number of carbonyl (C=O) groups excluding carboxylic acids is 1. The Morgan fingerprint density at radius 3 is 1.68 bits per heavy atom. The zero-order chi connectivity index (χ0) is 19.2. The molecule has 0 bridgehead atoms. The molecule has 136 valence electrons. The first kappa shape index (κ1) is 17.6. The number of ketones is 1. The van der Waals surface area contributed by atoms with Crippen molar-refractivity contribution >= 4 is 5.78 Å². The maximum Gasteiger partial charge on any atom is 0.196 e. The van der Waals surface area contributed by atoms with Crippen LogP contribution in [0.15, 0.2) is 109 Å². The van der Waals surface area contributed by atoms with Crippen LogP contribution in [0, 0.1) is 0 Å². The third-order valence-electron chi connectivity index (χ3n) is 4.18. The van der Waals surface area contributed by atoms with E-state index < -0.39 is 0 Å². The molecular weight excluding hydrogens is 348 g/mol. The van der Waals surface area contributed by atoms with Crippen LogP contribution in [-0.4, -0.2) is 5.78 Å². The Kier molecular flexibility index (Phi) is 5.16. The second-order valence-corrected chi connectivity index (χ2v) is 6.18. The van der Waals surface area contributed by atoms with E-state index in [1.165, 1.54) is 0 Å². The van der Waals surface area contributed by atoms with Crippen molar-refractivity contribution in [2.24, 2.45) is 0 Å². The summed E-state index contributed by atoms with van der Waals surface area (Å²) in [6.45, 7) is 0. The lowest BCUT2D eigenvalue weighted by molar-refractivity contribution is 0.103. The first-order valence-corrected chi connectivity index (χ1v) is 8.99. The molecule has 0 spiro atoms. The van der Waals surface area contributed by atoms with Crippen LogP contribution in [0.1, 0.15) is 15.9 Å². The molecule has 0 unspecified atom stereocenters. The Morgan fingerprint density at radius 2 is 1.07 bits per heavy atom. The zero-order valence-electron chi connectivity index (χ0n) is 15.1. The van der Waals surface area contributed by atoms with Gasteiger partial charge in [-0.2, -0.15) is 0 Å². The fourth-order valence-electron chi connectivity index (χ4n) is 2.82. The minimum Gasteiger partial charge on any atom is -0.457 e. The van der Waals surface area contributed by atoms with Gasteiger partial charge in [0.1, 0.15) is 23.0 Å². The average molecular weight is 366 g/mol. The summed E-state index contributed by atoms with van der Waals surface area (Å²) in [6, 6.07) is 33.3. The second-order valence-electron chi connectivity index (χ2n) is 6.18. The molecule has 3 heteroatoms. The zero-order valence-corrected chi connectivity index (χ0v) is 15.1. The van der Waals surface area contributed by atoms with Crippen LogP contribution in [0.3, 0.4) is 0 Å². The molecule has 0 aliphatic carbocycles. The lowest BCUT2D eigenvalue weighted by Crippen LogP contribution is -2.04.